The first kappa shape index (κ1) is 11.8. The zero-order valence-corrected chi connectivity index (χ0v) is 9.52. The lowest BCUT2D eigenvalue weighted by Crippen LogP contribution is -2.38. The van der Waals surface area contributed by atoms with E-state index in [-0.39, 0.29) is 5.69 Å². The average Bonchev–Trinajstić information content (AvgIpc) is 3.04. The molecular formula is C12H14F2N2O. The Hall–Kier alpha value is -1.65. The van der Waals surface area contributed by atoms with Gasteiger partial charge in [0.25, 0.3) is 5.91 Å². The van der Waals surface area contributed by atoms with Gasteiger partial charge in [-0.3, -0.25) is 4.79 Å². The van der Waals surface area contributed by atoms with E-state index >= 15 is 0 Å². The maximum Gasteiger partial charge on any atom is 0.252 e. The van der Waals surface area contributed by atoms with Gasteiger partial charge < -0.3 is 11.1 Å². The van der Waals surface area contributed by atoms with Crippen LogP contribution in [0.5, 0.6) is 0 Å². The van der Waals surface area contributed by atoms with Gasteiger partial charge in [-0.15, -0.1) is 0 Å². The van der Waals surface area contributed by atoms with Gasteiger partial charge in [0.2, 0.25) is 0 Å². The highest BCUT2D eigenvalue weighted by molar-refractivity contribution is 5.97. The maximum absolute atomic E-state index is 13.1. The number of alkyl halides is 1. The summed E-state index contributed by atoms with van der Waals surface area (Å²) in [6.45, 7) is 1.04. The predicted octanol–water partition coefficient (Wildman–Crippen LogP) is 1.95. The normalized spacial score (nSPS) is 16.6. The molecule has 3 N–H and O–H groups in total. The van der Waals surface area contributed by atoms with Gasteiger partial charge in [0.1, 0.15) is 12.5 Å². The van der Waals surface area contributed by atoms with Crippen LogP contribution < -0.4 is 11.1 Å². The molecule has 5 heteroatoms. The Bertz CT molecular complexity index is 470. The minimum absolute atomic E-state index is 0.0779. The monoisotopic (exact) mass is 240 g/mol. The number of benzene rings is 1. The second kappa shape index (κ2) is 3.98. The molecule has 0 radical (unpaired) electrons. The van der Waals surface area contributed by atoms with Crippen LogP contribution >= 0.6 is 0 Å². The van der Waals surface area contributed by atoms with E-state index in [2.05, 4.69) is 5.32 Å². The molecule has 0 unspecified atom stereocenters. The first-order valence-electron chi connectivity index (χ1n) is 5.41. The zero-order valence-electron chi connectivity index (χ0n) is 9.52. The largest absolute Gasteiger partial charge is 0.396 e. The van der Waals surface area contributed by atoms with E-state index in [1.165, 1.54) is 12.1 Å². The van der Waals surface area contributed by atoms with Gasteiger partial charge >= 0.3 is 0 Å². The number of nitrogens with one attached hydrogen (secondary N) is 1. The molecule has 1 aromatic carbocycles. The van der Waals surface area contributed by atoms with Crippen molar-refractivity contribution in [3.05, 3.63) is 29.1 Å². The van der Waals surface area contributed by atoms with Crippen LogP contribution in [0.25, 0.3) is 0 Å². The molecule has 0 heterocycles. The molecule has 1 fully saturated rings. The third-order valence-electron chi connectivity index (χ3n) is 3.08. The number of nitrogens with two attached hydrogens (primary N) is 1. The maximum atomic E-state index is 13.1. The fraction of sp³-hybridized carbons (Fsp3) is 0.417. The van der Waals surface area contributed by atoms with E-state index in [9.17, 15) is 13.6 Å². The first-order chi connectivity index (χ1) is 7.97. The van der Waals surface area contributed by atoms with Crippen molar-refractivity contribution in [3.63, 3.8) is 0 Å². The van der Waals surface area contributed by atoms with Gasteiger partial charge in [0.15, 0.2) is 0 Å². The predicted molar refractivity (Wildman–Crippen MR) is 61.0 cm³/mol. The SMILES string of the molecule is Cc1cc(F)c(N)cc1C(=O)NC1(CF)CC1. The van der Waals surface area contributed by atoms with Gasteiger partial charge in [-0.1, -0.05) is 0 Å². The summed E-state index contributed by atoms with van der Waals surface area (Å²) in [7, 11) is 0. The summed E-state index contributed by atoms with van der Waals surface area (Å²) >= 11 is 0. The van der Waals surface area contributed by atoms with Crippen LogP contribution in [-0.4, -0.2) is 18.1 Å². The second-order valence-electron chi connectivity index (χ2n) is 4.56. The van der Waals surface area contributed by atoms with Crippen LogP contribution in [0.15, 0.2) is 12.1 Å². The number of anilines is 1. The fourth-order valence-corrected chi connectivity index (χ4v) is 1.69. The number of nitrogen functional groups attached to an aromatic ring is 1. The van der Waals surface area contributed by atoms with Crippen molar-refractivity contribution in [2.45, 2.75) is 25.3 Å². The van der Waals surface area contributed by atoms with E-state index in [1.807, 2.05) is 0 Å². The molecule has 0 bridgehead atoms. The van der Waals surface area contributed by atoms with Crippen LogP contribution in [0.3, 0.4) is 0 Å². The fourth-order valence-electron chi connectivity index (χ4n) is 1.69. The van der Waals surface area contributed by atoms with Gasteiger partial charge in [-0.2, -0.15) is 0 Å². The molecule has 1 saturated carbocycles. The zero-order chi connectivity index (χ0) is 12.6. The van der Waals surface area contributed by atoms with Crippen molar-refractivity contribution >= 4 is 11.6 Å². The van der Waals surface area contributed by atoms with Crippen molar-refractivity contribution < 1.29 is 13.6 Å². The summed E-state index contributed by atoms with van der Waals surface area (Å²) in [5.41, 5.74) is 5.42. The molecule has 17 heavy (non-hydrogen) atoms. The summed E-state index contributed by atoms with van der Waals surface area (Å²) in [5.74, 6) is -0.949. The van der Waals surface area contributed by atoms with Crippen LogP contribution in [0.2, 0.25) is 0 Å². The Balaban J connectivity index is 2.22. The minimum Gasteiger partial charge on any atom is -0.396 e. The summed E-state index contributed by atoms with van der Waals surface area (Å²) in [6.07, 6.45) is 1.29. The number of hydrogen-bond acceptors (Lipinski definition) is 2. The van der Waals surface area contributed by atoms with Crippen LogP contribution in [0, 0.1) is 12.7 Å². The van der Waals surface area contributed by atoms with Gasteiger partial charge in [-0.05, 0) is 37.5 Å². The van der Waals surface area contributed by atoms with E-state index < -0.39 is 23.9 Å². The lowest BCUT2D eigenvalue weighted by Gasteiger charge is -2.15. The molecule has 92 valence electrons. The van der Waals surface area contributed by atoms with E-state index in [4.69, 9.17) is 5.73 Å². The van der Waals surface area contributed by atoms with Crippen molar-refractivity contribution in [2.75, 3.05) is 12.4 Å². The van der Waals surface area contributed by atoms with Crippen molar-refractivity contribution in [3.8, 4) is 0 Å². The molecule has 1 aliphatic carbocycles. The Kier molecular flexibility index (Phi) is 2.77. The molecule has 2 rings (SSSR count). The molecule has 0 saturated heterocycles. The number of rotatable bonds is 3. The number of carbonyl (C=O) groups excluding carboxylic acids is 1. The highest BCUT2D eigenvalue weighted by Gasteiger charge is 2.44. The van der Waals surface area contributed by atoms with Crippen LogP contribution in [0.1, 0.15) is 28.8 Å². The number of amides is 1. The second-order valence-corrected chi connectivity index (χ2v) is 4.56. The molecule has 3 nitrogen and oxygen atoms in total. The average molecular weight is 240 g/mol. The van der Waals surface area contributed by atoms with Gasteiger partial charge in [0, 0.05) is 5.56 Å². The summed E-state index contributed by atoms with van der Waals surface area (Å²) in [4.78, 5) is 11.9. The Morgan fingerprint density at radius 2 is 2.18 bits per heavy atom. The molecule has 0 spiro atoms. The number of aryl methyl sites for hydroxylation is 1. The summed E-state index contributed by atoms with van der Waals surface area (Å²) < 4.78 is 25.8. The molecule has 0 aliphatic heterocycles. The molecule has 1 aromatic rings. The lowest BCUT2D eigenvalue weighted by molar-refractivity contribution is 0.0923. The third kappa shape index (κ3) is 2.23. The van der Waals surface area contributed by atoms with Gasteiger partial charge in [0.05, 0.1) is 11.2 Å². The molecular weight excluding hydrogens is 226 g/mol. The quantitative estimate of drug-likeness (QED) is 0.793. The number of halogens is 2. The topological polar surface area (TPSA) is 55.1 Å². The summed E-state index contributed by atoms with van der Waals surface area (Å²) in [5, 5.41) is 2.63. The molecule has 0 atom stereocenters. The van der Waals surface area contributed by atoms with Crippen LogP contribution in [-0.2, 0) is 0 Å². The molecule has 1 aliphatic rings. The van der Waals surface area contributed by atoms with Gasteiger partial charge in [-0.25, -0.2) is 8.78 Å². The Labute approximate surface area is 98.0 Å². The summed E-state index contributed by atoms with van der Waals surface area (Å²) in [6, 6.07) is 2.49. The van der Waals surface area contributed by atoms with E-state index in [1.54, 1.807) is 6.92 Å². The third-order valence-corrected chi connectivity index (χ3v) is 3.08. The first-order valence-corrected chi connectivity index (χ1v) is 5.41. The highest BCUT2D eigenvalue weighted by atomic mass is 19.1. The molecule has 1 amide bonds. The van der Waals surface area contributed by atoms with Crippen molar-refractivity contribution in [1.82, 2.24) is 5.32 Å². The Morgan fingerprint density at radius 1 is 1.53 bits per heavy atom. The number of hydrogen-bond donors (Lipinski definition) is 2. The Morgan fingerprint density at radius 3 is 2.71 bits per heavy atom. The highest BCUT2D eigenvalue weighted by Crippen LogP contribution is 2.36. The van der Waals surface area contributed by atoms with Crippen LogP contribution in [0.4, 0.5) is 14.5 Å². The minimum atomic E-state index is -0.702. The van der Waals surface area contributed by atoms with Crippen molar-refractivity contribution in [2.24, 2.45) is 0 Å². The standard InChI is InChI=1S/C12H14F2N2O/c1-7-4-9(14)10(15)5-8(7)11(17)16-12(6-13)2-3-12/h4-5H,2-3,6,15H2,1H3,(H,16,17). The van der Waals surface area contributed by atoms with Crippen molar-refractivity contribution in [1.29, 1.82) is 0 Å². The molecule has 0 aromatic heterocycles. The van der Waals surface area contributed by atoms with E-state index in [0.717, 1.165) is 0 Å². The smallest absolute Gasteiger partial charge is 0.252 e. The number of carbonyl (C=O) groups is 1. The van der Waals surface area contributed by atoms with E-state index in [0.29, 0.717) is 24.0 Å². The lowest BCUT2D eigenvalue weighted by atomic mass is 10.1.